The molecule has 0 saturated carbocycles. The maximum atomic E-state index is 13.0. The van der Waals surface area contributed by atoms with E-state index in [0.717, 1.165) is 11.3 Å². The Hall–Kier alpha value is -2.72. The van der Waals surface area contributed by atoms with Gasteiger partial charge in [0.15, 0.2) is 0 Å². The lowest BCUT2D eigenvalue weighted by Crippen LogP contribution is -2.30. The molecule has 3 aromatic rings. The summed E-state index contributed by atoms with van der Waals surface area (Å²) in [5.41, 5.74) is 1.52. The Morgan fingerprint density at radius 1 is 1.08 bits per heavy atom. The minimum absolute atomic E-state index is 0.102. The van der Waals surface area contributed by atoms with Crippen LogP contribution in [0.5, 0.6) is 5.75 Å². The number of carbonyl (C=O) groups excluding carboxylic acids is 1. The van der Waals surface area contributed by atoms with E-state index in [4.69, 9.17) is 20.8 Å². The van der Waals surface area contributed by atoms with Crippen molar-refractivity contribution in [1.29, 1.82) is 0 Å². The molecule has 1 aromatic heterocycles. The summed E-state index contributed by atoms with van der Waals surface area (Å²) < 4.78 is 10.6. The van der Waals surface area contributed by atoms with E-state index in [-0.39, 0.29) is 5.91 Å². The lowest BCUT2D eigenvalue weighted by Gasteiger charge is -2.22. The first-order valence-electron chi connectivity index (χ1n) is 7.86. The van der Waals surface area contributed by atoms with Crippen LogP contribution in [0.25, 0.3) is 0 Å². The minimum Gasteiger partial charge on any atom is -0.497 e. The van der Waals surface area contributed by atoms with Gasteiger partial charge in [0, 0.05) is 17.1 Å². The number of benzene rings is 2. The molecule has 0 aliphatic rings. The molecule has 2 aromatic carbocycles. The van der Waals surface area contributed by atoms with Crippen molar-refractivity contribution in [2.75, 3.05) is 7.11 Å². The SMILES string of the molecule is COc1cccc(C(=O)N(Cc2cccc(Cl)c2)Cc2ccco2)c1. The fourth-order valence-corrected chi connectivity index (χ4v) is 2.80. The van der Waals surface area contributed by atoms with Crippen molar-refractivity contribution in [2.24, 2.45) is 0 Å². The van der Waals surface area contributed by atoms with Gasteiger partial charge in [-0.2, -0.15) is 0 Å². The zero-order chi connectivity index (χ0) is 17.6. The van der Waals surface area contributed by atoms with E-state index < -0.39 is 0 Å². The van der Waals surface area contributed by atoms with Crippen LogP contribution in [0.15, 0.2) is 71.3 Å². The van der Waals surface area contributed by atoms with Gasteiger partial charge in [-0.1, -0.05) is 29.8 Å². The van der Waals surface area contributed by atoms with E-state index in [9.17, 15) is 4.79 Å². The highest BCUT2D eigenvalue weighted by molar-refractivity contribution is 6.30. The Kier molecular flexibility index (Phi) is 5.41. The van der Waals surface area contributed by atoms with E-state index in [1.54, 1.807) is 36.5 Å². The summed E-state index contributed by atoms with van der Waals surface area (Å²) in [6.45, 7) is 0.798. The van der Waals surface area contributed by atoms with Crippen molar-refractivity contribution in [1.82, 2.24) is 4.90 Å². The fraction of sp³-hybridized carbons (Fsp3) is 0.150. The summed E-state index contributed by atoms with van der Waals surface area (Å²) in [4.78, 5) is 14.7. The van der Waals surface area contributed by atoms with Gasteiger partial charge < -0.3 is 14.1 Å². The molecular weight excluding hydrogens is 338 g/mol. The number of methoxy groups -OCH3 is 1. The largest absolute Gasteiger partial charge is 0.497 e. The summed E-state index contributed by atoms with van der Waals surface area (Å²) in [6, 6.07) is 18.3. The Morgan fingerprint density at radius 3 is 2.64 bits per heavy atom. The number of halogens is 1. The zero-order valence-corrected chi connectivity index (χ0v) is 14.6. The second kappa shape index (κ2) is 7.90. The van der Waals surface area contributed by atoms with Crippen LogP contribution in [-0.4, -0.2) is 17.9 Å². The van der Waals surface area contributed by atoms with E-state index in [1.165, 1.54) is 0 Å². The smallest absolute Gasteiger partial charge is 0.254 e. The monoisotopic (exact) mass is 355 g/mol. The summed E-state index contributed by atoms with van der Waals surface area (Å²) in [5, 5.41) is 0.643. The standard InChI is InChI=1S/C20H18ClNO3/c1-24-18-8-3-6-16(12-18)20(23)22(14-19-9-4-10-25-19)13-15-5-2-7-17(21)11-15/h2-12H,13-14H2,1H3. The molecule has 0 bridgehead atoms. The number of nitrogens with zero attached hydrogens (tertiary/aromatic N) is 1. The normalized spacial score (nSPS) is 10.5. The van der Waals surface area contributed by atoms with Crippen molar-refractivity contribution < 1.29 is 13.9 Å². The number of hydrogen-bond acceptors (Lipinski definition) is 3. The molecule has 0 aliphatic heterocycles. The van der Waals surface area contributed by atoms with Gasteiger partial charge in [0.1, 0.15) is 11.5 Å². The first kappa shape index (κ1) is 17.1. The van der Waals surface area contributed by atoms with Crippen LogP contribution >= 0.6 is 11.6 Å². The van der Waals surface area contributed by atoms with Gasteiger partial charge in [0.05, 0.1) is 19.9 Å². The highest BCUT2D eigenvalue weighted by atomic mass is 35.5. The molecular formula is C20H18ClNO3. The van der Waals surface area contributed by atoms with Gasteiger partial charge in [0.25, 0.3) is 5.91 Å². The van der Waals surface area contributed by atoms with Crippen LogP contribution in [0.4, 0.5) is 0 Å². The Morgan fingerprint density at radius 2 is 1.92 bits per heavy atom. The number of carbonyl (C=O) groups is 1. The van der Waals surface area contributed by atoms with Gasteiger partial charge in [-0.15, -0.1) is 0 Å². The molecule has 0 spiro atoms. The average molecular weight is 356 g/mol. The van der Waals surface area contributed by atoms with Crippen LogP contribution in [0, 0.1) is 0 Å². The molecule has 1 amide bonds. The Bertz CT molecular complexity index is 846. The van der Waals surface area contributed by atoms with Crippen molar-refractivity contribution in [3.05, 3.63) is 88.8 Å². The number of ether oxygens (including phenoxy) is 1. The van der Waals surface area contributed by atoms with E-state index in [0.29, 0.717) is 29.4 Å². The summed E-state index contributed by atoms with van der Waals surface area (Å²) in [6.07, 6.45) is 1.60. The zero-order valence-electron chi connectivity index (χ0n) is 13.8. The van der Waals surface area contributed by atoms with Gasteiger partial charge in [-0.05, 0) is 48.0 Å². The van der Waals surface area contributed by atoms with Crippen LogP contribution < -0.4 is 4.74 Å². The molecule has 25 heavy (non-hydrogen) atoms. The predicted molar refractivity (Wildman–Crippen MR) is 96.7 cm³/mol. The summed E-state index contributed by atoms with van der Waals surface area (Å²) in [5.74, 6) is 1.26. The van der Waals surface area contributed by atoms with Crippen LogP contribution in [0.2, 0.25) is 5.02 Å². The quantitative estimate of drug-likeness (QED) is 0.638. The number of hydrogen-bond donors (Lipinski definition) is 0. The minimum atomic E-state index is -0.102. The van der Waals surface area contributed by atoms with Crippen molar-refractivity contribution in [3.63, 3.8) is 0 Å². The molecule has 0 saturated heterocycles. The number of amides is 1. The van der Waals surface area contributed by atoms with Crippen molar-refractivity contribution >= 4 is 17.5 Å². The van der Waals surface area contributed by atoms with Gasteiger partial charge in [-0.3, -0.25) is 4.79 Å². The molecule has 5 heteroatoms. The molecule has 0 atom stereocenters. The van der Waals surface area contributed by atoms with E-state index in [1.807, 2.05) is 42.5 Å². The topological polar surface area (TPSA) is 42.7 Å². The highest BCUT2D eigenvalue weighted by Crippen LogP contribution is 2.19. The molecule has 0 unspecified atom stereocenters. The third-order valence-corrected chi connectivity index (χ3v) is 4.03. The lowest BCUT2D eigenvalue weighted by molar-refractivity contribution is 0.0717. The molecule has 4 nitrogen and oxygen atoms in total. The second-order valence-electron chi connectivity index (χ2n) is 5.60. The van der Waals surface area contributed by atoms with Crippen LogP contribution in [-0.2, 0) is 13.1 Å². The number of rotatable bonds is 6. The Balaban J connectivity index is 1.87. The van der Waals surface area contributed by atoms with E-state index >= 15 is 0 Å². The van der Waals surface area contributed by atoms with Gasteiger partial charge in [-0.25, -0.2) is 0 Å². The lowest BCUT2D eigenvalue weighted by atomic mass is 10.1. The first-order valence-corrected chi connectivity index (χ1v) is 8.23. The van der Waals surface area contributed by atoms with Crippen molar-refractivity contribution in [2.45, 2.75) is 13.1 Å². The van der Waals surface area contributed by atoms with Gasteiger partial charge in [0.2, 0.25) is 0 Å². The molecule has 1 heterocycles. The van der Waals surface area contributed by atoms with Crippen LogP contribution in [0.3, 0.4) is 0 Å². The summed E-state index contributed by atoms with van der Waals surface area (Å²) >= 11 is 6.07. The molecule has 0 aliphatic carbocycles. The average Bonchev–Trinajstić information content (AvgIpc) is 3.14. The van der Waals surface area contributed by atoms with Crippen molar-refractivity contribution in [3.8, 4) is 5.75 Å². The maximum absolute atomic E-state index is 13.0. The molecule has 0 fully saturated rings. The third-order valence-electron chi connectivity index (χ3n) is 3.79. The summed E-state index contributed by atoms with van der Waals surface area (Å²) in [7, 11) is 1.58. The fourth-order valence-electron chi connectivity index (χ4n) is 2.58. The number of furan rings is 1. The maximum Gasteiger partial charge on any atom is 0.254 e. The van der Waals surface area contributed by atoms with E-state index in [2.05, 4.69) is 0 Å². The first-order chi connectivity index (χ1) is 12.2. The molecule has 0 radical (unpaired) electrons. The molecule has 0 N–H and O–H groups in total. The Labute approximate surface area is 151 Å². The predicted octanol–water partition coefficient (Wildman–Crippen LogP) is 4.78. The molecule has 128 valence electrons. The third kappa shape index (κ3) is 4.43. The molecule has 3 rings (SSSR count). The van der Waals surface area contributed by atoms with Gasteiger partial charge >= 0.3 is 0 Å². The van der Waals surface area contributed by atoms with Crippen LogP contribution in [0.1, 0.15) is 21.7 Å². The second-order valence-corrected chi connectivity index (χ2v) is 6.04. The highest BCUT2D eigenvalue weighted by Gasteiger charge is 2.18.